The van der Waals surface area contributed by atoms with E-state index < -0.39 is 11.6 Å². The van der Waals surface area contributed by atoms with Gasteiger partial charge in [0, 0.05) is 0 Å². The second-order valence-electron chi connectivity index (χ2n) is 9.10. The number of rotatable bonds is 5. The molecule has 4 atom stereocenters. The third kappa shape index (κ3) is 4.31. The molecular formula is C26H32F2. The minimum atomic E-state index is -0.790. The molecule has 2 aromatic rings. The minimum absolute atomic E-state index is 0.660. The lowest BCUT2D eigenvalue weighted by Crippen LogP contribution is -2.30. The van der Waals surface area contributed by atoms with E-state index in [0.29, 0.717) is 5.92 Å². The molecule has 28 heavy (non-hydrogen) atoms. The molecule has 2 aliphatic carbocycles. The van der Waals surface area contributed by atoms with E-state index in [2.05, 4.69) is 31.2 Å². The molecule has 0 radical (unpaired) electrons. The van der Waals surface area contributed by atoms with Gasteiger partial charge in [-0.3, -0.25) is 0 Å². The van der Waals surface area contributed by atoms with Crippen LogP contribution in [0, 0.1) is 29.4 Å². The van der Waals surface area contributed by atoms with Crippen molar-refractivity contribution in [3.05, 3.63) is 59.7 Å². The number of fused-ring (bicyclic) bond motifs is 1. The van der Waals surface area contributed by atoms with Crippen LogP contribution >= 0.6 is 0 Å². The lowest BCUT2D eigenvalue weighted by Gasteiger charge is -2.42. The maximum Gasteiger partial charge on any atom is 0.159 e. The second-order valence-corrected chi connectivity index (χ2v) is 9.10. The van der Waals surface area contributed by atoms with Crippen LogP contribution in [0.15, 0.2) is 42.5 Å². The Morgan fingerprint density at radius 1 is 0.786 bits per heavy atom. The largest absolute Gasteiger partial charge is 0.204 e. The summed E-state index contributed by atoms with van der Waals surface area (Å²) in [6.07, 6.45) is 12.5. The van der Waals surface area contributed by atoms with Crippen molar-refractivity contribution in [3.8, 4) is 11.1 Å². The van der Waals surface area contributed by atoms with E-state index in [-0.39, 0.29) is 0 Å². The first-order valence-electron chi connectivity index (χ1n) is 11.2. The standard InChI is InChI=1S/C26H32F2/c1-2-3-4-18-5-6-23-16-22(12-11-21(23)15-18)19-7-9-20(10-8-19)24-13-14-25(27)26(28)17-24/h7-10,13-14,17-18,21-23H,2-6,11-12,15-16H2,1H3/t18?,21-,22-,23-/m1/s1. The zero-order valence-electron chi connectivity index (χ0n) is 17.0. The molecule has 0 bridgehead atoms. The van der Waals surface area contributed by atoms with Crippen LogP contribution in [0.2, 0.25) is 0 Å². The summed E-state index contributed by atoms with van der Waals surface area (Å²) in [6, 6.07) is 12.7. The highest BCUT2D eigenvalue weighted by atomic mass is 19.2. The molecule has 0 nitrogen and oxygen atoms in total. The topological polar surface area (TPSA) is 0 Å². The minimum Gasteiger partial charge on any atom is -0.204 e. The van der Waals surface area contributed by atoms with Crippen molar-refractivity contribution in [1.82, 2.24) is 0 Å². The zero-order valence-corrected chi connectivity index (χ0v) is 17.0. The highest BCUT2D eigenvalue weighted by Gasteiger charge is 2.35. The van der Waals surface area contributed by atoms with E-state index in [1.54, 1.807) is 6.07 Å². The fourth-order valence-electron chi connectivity index (χ4n) is 5.67. The van der Waals surface area contributed by atoms with Gasteiger partial charge in [-0.05, 0) is 84.6 Å². The van der Waals surface area contributed by atoms with E-state index in [0.717, 1.165) is 28.9 Å². The van der Waals surface area contributed by atoms with Crippen LogP contribution in [0.3, 0.4) is 0 Å². The lowest BCUT2D eigenvalue weighted by molar-refractivity contribution is 0.113. The van der Waals surface area contributed by atoms with Gasteiger partial charge in [0.05, 0.1) is 0 Å². The third-order valence-electron chi connectivity index (χ3n) is 7.32. The van der Waals surface area contributed by atoms with Crippen molar-refractivity contribution < 1.29 is 8.78 Å². The molecule has 2 heteroatoms. The van der Waals surface area contributed by atoms with Gasteiger partial charge < -0.3 is 0 Å². The first kappa shape index (κ1) is 19.6. The van der Waals surface area contributed by atoms with Crippen LogP contribution in [0.5, 0.6) is 0 Å². The number of hydrogen-bond donors (Lipinski definition) is 0. The summed E-state index contributed by atoms with van der Waals surface area (Å²) in [5.41, 5.74) is 3.10. The Kier molecular flexibility index (Phi) is 6.13. The molecule has 0 saturated heterocycles. The van der Waals surface area contributed by atoms with E-state index in [9.17, 15) is 8.78 Å². The summed E-state index contributed by atoms with van der Waals surface area (Å²) in [7, 11) is 0. The van der Waals surface area contributed by atoms with Crippen LogP contribution in [-0.4, -0.2) is 0 Å². The first-order chi connectivity index (χ1) is 13.6. The Morgan fingerprint density at radius 2 is 1.50 bits per heavy atom. The maximum atomic E-state index is 13.5. The SMILES string of the molecule is CCCCC1CC[C@@H]2C[C@H](c3ccc(-c4ccc(F)c(F)c4)cc3)CC[C@@H]2C1. The van der Waals surface area contributed by atoms with Crippen molar-refractivity contribution in [3.63, 3.8) is 0 Å². The number of halogens is 2. The van der Waals surface area contributed by atoms with Crippen LogP contribution in [0.25, 0.3) is 11.1 Å². The summed E-state index contributed by atoms with van der Waals surface area (Å²) >= 11 is 0. The monoisotopic (exact) mass is 382 g/mol. The summed E-state index contributed by atoms with van der Waals surface area (Å²) in [5, 5.41) is 0. The quantitative estimate of drug-likeness (QED) is 0.490. The summed E-state index contributed by atoms with van der Waals surface area (Å²) in [6.45, 7) is 2.30. The van der Waals surface area contributed by atoms with Crippen molar-refractivity contribution in [2.45, 2.75) is 70.6 Å². The Hall–Kier alpha value is -1.70. The molecule has 4 rings (SSSR count). The fourth-order valence-corrected chi connectivity index (χ4v) is 5.67. The number of benzene rings is 2. The van der Waals surface area contributed by atoms with Gasteiger partial charge in [0.1, 0.15) is 0 Å². The molecule has 0 amide bonds. The Labute approximate surface area is 168 Å². The van der Waals surface area contributed by atoms with Gasteiger partial charge in [0.15, 0.2) is 11.6 Å². The van der Waals surface area contributed by atoms with Gasteiger partial charge in [0.2, 0.25) is 0 Å². The molecule has 0 spiro atoms. The average Bonchev–Trinajstić information content (AvgIpc) is 2.74. The Balaban J connectivity index is 1.39. The average molecular weight is 383 g/mol. The summed E-state index contributed by atoms with van der Waals surface area (Å²) in [4.78, 5) is 0. The number of hydrogen-bond acceptors (Lipinski definition) is 0. The predicted molar refractivity (Wildman–Crippen MR) is 112 cm³/mol. The highest BCUT2D eigenvalue weighted by molar-refractivity contribution is 5.63. The lowest BCUT2D eigenvalue weighted by atomic mass is 9.63. The highest BCUT2D eigenvalue weighted by Crippen LogP contribution is 2.48. The van der Waals surface area contributed by atoms with Crippen molar-refractivity contribution in [1.29, 1.82) is 0 Å². The number of unbranched alkanes of at least 4 members (excludes halogenated alkanes) is 1. The Morgan fingerprint density at radius 3 is 2.25 bits per heavy atom. The molecule has 0 aromatic heterocycles. The molecule has 2 fully saturated rings. The Bertz CT molecular complexity index is 780. The predicted octanol–water partition coefficient (Wildman–Crippen LogP) is 8.12. The van der Waals surface area contributed by atoms with Gasteiger partial charge in [-0.25, -0.2) is 8.78 Å². The van der Waals surface area contributed by atoms with Crippen LogP contribution in [0.4, 0.5) is 8.78 Å². The molecular weight excluding hydrogens is 350 g/mol. The zero-order chi connectivity index (χ0) is 19.5. The van der Waals surface area contributed by atoms with E-state index in [1.807, 2.05) is 0 Å². The molecule has 2 aliphatic rings. The molecule has 0 heterocycles. The molecule has 1 unspecified atom stereocenters. The second kappa shape index (κ2) is 8.76. The van der Waals surface area contributed by atoms with E-state index in [1.165, 1.54) is 75.5 Å². The van der Waals surface area contributed by atoms with Gasteiger partial charge in [0.25, 0.3) is 0 Å². The van der Waals surface area contributed by atoms with Crippen molar-refractivity contribution >= 4 is 0 Å². The van der Waals surface area contributed by atoms with Crippen molar-refractivity contribution in [2.24, 2.45) is 17.8 Å². The molecule has 0 N–H and O–H groups in total. The molecule has 2 aromatic carbocycles. The molecule has 0 aliphatic heterocycles. The summed E-state index contributed by atoms with van der Waals surface area (Å²) in [5.74, 6) is 1.92. The van der Waals surface area contributed by atoms with Gasteiger partial charge in [-0.1, -0.05) is 62.9 Å². The first-order valence-corrected chi connectivity index (χ1v) is 11.2. The van der Waals surface area contributed by atoms with Crippen LogP contribution in [-0.2, 0) is 0 Å². The van der Waals surface area contributed by atoms with Crippen LogP contribution < -0.4 is 0 Å². The summed E-state index contributed by atoms with van der Waals surface area (Å²) < 4.78 is 26.7. The maximum absolute atomic E-state index is 13.5. The van der Waals surface area contributed by atoms with Gasteiger partial charge in [-0.2, -0.15) is 0 Å². The van der Waals surface area contributed by atoms with Gasteiger partial charge >= 0.3 is 0 Å². The molecule has 2 saturated carbocycles. The van der Waals surface area contributed by atoms with Gasteiger partial charge in [-0.15, -0.1) is 0 Å². The van der Waals surface area contributed by atoms with E-state index in [4.69, 9.17) is 0 Å². The van der Waals surface area contributed by atoms with E-state index >= 15 is 0 Å². The molecule has 150 valence electrons. The normalized spacial score (nSPS) is 27.4. The smallest absolute Gasteiger partial charge is 0.159 e. The van der Waals surface area contributed by atoms with Crippen molar-refractivity contribution in [2.75, 3.05) is 0 Å². The third-order valence-corrected chi connectivity index (χ3v) is 7.32. The fraction of sp³-hybridized carbons (Fsp3) is 0.538. The van der Waals surface area contributed by atoms with Crippen LogP contribution in [0.1, 0.15) is 76.2 Å².